The SMILES string of the molecule is O=C(CN1C(=O)COc2ccccc21)Nc1ccc2[nH]ccc2c1. The first-order valence-electron chi connectivity index (χ1n) is 7.60. The van der Waals surface area contributed by atoms with Gasteiger partial charge in [0.1, 0.15) is 12.3 Å². The van der Waals surface area contributed by atoms with E-state index < -0.39 is 0 Å². The summed E-state index contributed by atoms with van der Waals surface area (Å²) in [6, 6.07) is 14.8. The highest BCUT2D eigenvalue weighted by molar-refractivity contribution is 6.05. The summed E-state index contributed by atoms with van der Waals surface area (Å²) >= 11 is 0. The molecular weight excluding hydrogens is 306 g/mol. The molecule has 0 unspecified atom stereocenters. The Morgan fingerprint density at radius 1 is 1.21 bits per heavy atom. The molecule has 0 bridgehead atoms. The zero-order valence-corrected chi connectivity index (χ0v) is 12.8. The van der Waals surface area contributed by atoms with Gasteiger partial charge in [-0.05, 0) is 36.4 Å². The van der Waals surface area contributed by atoms with Crippen LogP contribution >= 0.6 is 0 Å². The topological polar surface area (TPSA) is 74.4 Å². The summed E-state index contributed by atoms with van der Waals surface area (Å²) in [6.07, 6.45) is 1.85. The number of carbonyl (C=O) groups is 2. The number of amides is 2. The number of ether oxygens (including phenoxy) is 1. The van der Waals surface area contributed by atoms with Crippen LogP contribution in [-0.2, 0) is 9.59 Å². The van der Waals surface area contributed by atoms with Crippen molar-refractivity contribution in [3.05, 3.63) is 54.7 Å². The molecule has 1 aromatic heterocycles. The average molecular weight is 321 g/mol. The fraction of sp³-hybridized carbons (Fsp3) is 0.111. The average Bonchev–Trinajstić information content (AvgIpc) is 3.05. The number of nitrogens with one attached hydrogen (secondary N) is 2. The van der Waals surface area contributed by atoms with E-state index in [1.54, 1.807) is 12.1 Å². The van der Waals surface area contributed by atoms with Crippen LogP contribution in [0.3, 0.4) is 0 Å². The molecule has 0 aliphatic carbocycles. The second-order valence-corrected chi connectivity index (χ2v) is 5.56. The van der Waals surface area contributed by atoms with Crippen LogP contribution in [0, 0.1) is 0 Å². The van der Waals surface area contributed by atoms with E-state index in [1.165, 1.54) is 4.90 Å². The van der Waals surface area contributed by atoms with E-state index in [0.29, 0.717) is 17.1 Å². The van der Waals surface area contributed by atoms with Gasteiger partial charge < -0.3 is 15.0 Å². The molecule has 0 radical (unpaired) electrons. The van der Waals surface area contributed by atoms with Gasteiger partial charge in [-0.25, -0.2) is 0 Å². The van der Waals surface area contributed by atoms with Crippen molar-refractivity contribution in [2.24, 2.45) is 0 Å². The van der Waals surface area contributed by atoms with Crippen molar-refractivity contribution in [2.45, 2.75) is 0 Å². The Balaban J connectivity index is 1.52. The Hall–Kier alpha value is -3.28. The number of aromatic amines is 1. The van der Waals surface area contributed by atoms with Crippen molar-refractivity contribution in [3.8, 4) is 5.75 Å². The van der Waals surface area contributed by atoms with E-state index in [9.17, 15) is 9.59 Å². The molecule has 120 valence electrons. The zero-order chi connectivity index (χ0) is 16.5. The first-order valence-corrected chi connectivity index (χ1v) is 7.60. The lowest BCUT2D eigenvalue weighted by atomic mass is 10.2. The number of rotatable bonds is 3. The van der Waals surface area contributed by atoms with Gasteiger partial charge in [0.05, 0.1) is 5.69 Å². The Kier molecular flexibility index (Phi) is 3.42. The van der Waals surface area contributed by atoms with E-state index in [4.69, 9.17) is 4.74 Å². The van der Waals surface area contributed by atoms with Crippen LogP contribution in [0.25, 0.3) is 10.9 Å². The van der Waals surface area contributed by atoms with Crippen LogP contribution < -0.4 is 15.0 Å². The van der Waals surface area contributed by atoms with Crippen LogP contribution in [-0.4, -0.2) is 29.9 Å². The maximum absolute atomic E-state index is 12.4. The maximum atomic E-state index is 12.4. The Bertz CT molecular complexity index is 932. The molecule has 2 aromatic carbocycles. The zero-order valence-electron chi connectivity index (χ0n) is 12.8. The van der Waals surface area contributed by atoms with Crippen molar-refractivity contribution in [1.82, 2.24) is 4.98 Å². The van der Waals surface area contributed by atoms with Gasteiger partial charge in [0, 0.05) is 22.8 Å². The highest BCUT2D eigenvalue weighted by Gasteiger charge is 2.26. The predicted molar refractivity (Wildman–Crippen MR) is 91.2 cm³/mol. The summed E-state index contributed by atoms with van der Waals surface area (Å²) in [4.78, 5) is 29.0. The third-order valence-corrected chi connectivity index (χ3v) is 3.95. The molecule has 24 heavy (non-hydrogen) atoms. The van der Waals surface area contributed by atoms with Gasteiger partial charge in [0.25, 0.3) is 5.91 Å². The van der Waals surface area contributed by atoms with E-state index in [2.05, 4.69) is 10.3 Å². The highest BCUT2D eigenvalue weighted by atomic mass is 16.5. The van der Waals surface area contributed by atoms with E-state index in [0.717, 1.165) is 10.9 Å². The van der Waals surface area contributed by atoms with Crippen LogP contribution in [0.5, 0.6) is 5.75 Å². The van der Waals surface area contributed by atoms with Gasteiger partial charge in [-0.2, -0.15) is 0 Å². The molecule has 2 heterocycles. The molecule has 0 spiro atoms. The monoisotopic (exact) mass is 321 g/mol. The smallest absolute Gasteiger partial charge is 0.265 e. The molecule has 0 saturated carbocycles. The highest BCUT2D eigenvalue weighted by Crippen LogP contribution is 2.31. The van der Waals surface area contributed by atoms with E-state index >= 15 is 0 Å². The first kappa shape index (κ1) is 14.3. The van der Waals surface area contributed by atoms with Crippen LogP contribution in [0.1, 0.15) is 0 Å². The number of fused-ring (bicyclic) bond motifs is 2. The van der Waals surface area contributed by atoms with Gasteiger partial charge in [0.15, 0.2) is 6.61 Å². The Labute approximate surface area is 138 Å². The molecule has 2 amide bonds. The maximum Gasteiger partial charge on any atom is 0.265 e. The van der Waals surface area contributed by atoms with Crippen LogP contribution in [0.4, 0.5) is 11.4 Å². The number of anilines is 2. The number of carbonyl (C=O) groups excluding carboxylic acids is 2. The number of benzene rings is 2. The fourth-order valence-corrected chi connectivity index (χ4v) is 2.80. The summed E-state index contributed by atoms with van der Waals surface area (Å²) in [6.45, 7) is -0.107. The minimum atomic E-state index is -0.255. The van der Waals surface area contributed by atoms with Crippen molar-refractivity contribution >= 4 is 34.1 Å². The number of para-hydroxylation sites is 2. The van der Waals surface area contributed by atoms with Gasteiger partial charge in [-0.1, -0.05) is 12.1 Å². The number of nitrogens with zero attached hydrogens (tertiary/aromatic N) is 1. The lowest BCUT2D eigenvalue weighted by molar-refractivity contribution is -0.123. The van der Waals surface area contributed by atoms with Crippen molar-refractivity contribution in [1.29, 1.82) is 0 Å². The molecule has 0 fully saturated rings. The molecule has 1 aliphatic heterocycles. The number of hydrogen-bond acceptors (Lipinski definition) is 3. The van der Waals surface area contributed by atoms with E-state index in [1.807, 2.05) is 42.6 Å². The lowest BCUT2D eigenvalue weighted by Crippen LogP contribution is -2.43. The Morgan fingerprint density at radius 3 is 3.00 bits per heavy atom. The standard InChI is InChI=1S/C18H15N3O3/c22-17(20-13-5-6-14-12(9-13)7-8-19-14)10-21-15-3-1-2-4-16(15)24-11-18(21)23/h1-9,19H,10-11H2,(H,20,22). The van der Waals surface area contributed by atoms with Crippen molar-refractivity contribution in [2.75, 3.05) is 23.4 Å². The van der Waals surface area contributed by atoms with Crippen molar-refractivity contribution < 1.29 is 14.3 Å². The number of aromatic nitrogens is 1. The molecule has 6 nitrogen and oxygen atoms in total. The predicted octanol–water partition coefficient (Wildman–Crippen LogP) is 2.53. The molecule has 1 aliphatic rings. The first-order chi connectivity index (χ1) is 11.7. The molecule has 0 atom stereocenters. The molecule has 4 rings (SSSR count). The summed E-state index contributed by atoms with van der Waals surface area (Å²) in [5.41, 5.74) is 2.32. The number of H-pyrrole nitrogens is 1. The minimum absolute atomic E-state index is 0.0512. The van der Waals surface area contributed by atoms with Gasteiger partial charge in [-0.3, -0.25) is 14.5 Å². The molecule has 3 aromatic rings. The fourth-order valence-electron chi connectivity index (χ4n) is 2.80. The third-order valence-electron chi connectivity index (χ3n) is 3.95. The van der Waals surface area contributed by atoms with Crippen LogP contribution in [0.2, 0.25) is 0 Å². The number of hydrogen-bond donors (Lipinski definition) is 2. The third kappa shape index (κ3) is 2.58. The molecule has 2 N–H and O–H groups in total. The second kappa shape index (κ2) is 5.73. The normalized spacial score (nSPS) is 13.5. The molecular formula is C18H15N3O3. The van der Waals surface area contributed by atoms with Gasteiger partial charge >= 0.3 is 0 Å². The van der Waals surface area contributed by atoms with Gasteiger partial charge in [0.2, 0.25) is 5.91 Å². The Morgan fingerprint density at radius 2 is 2.08 bits per heavy atom. The second-order valence-electron chi connectivity index (χ2n) is 5.56. The van der Waals surface area contributed by atoms with Gasteiger partial charge in [-0.15, -0.1) is 0 Å². The van der Waals surface area contributed by atoms with Crippen molar-refractivity contribution in [3.63, 3.8) is 0 Å². The molecule has 0 saturated heterocycles. The minimum Gasteiger partial charge on any atom is -0.482 e. The summed E-state index contributed by atoms with van der Waals surface area (Å²) in [7, 11) is 0. The lowest BCUT2D eigenvalue weighted by Gasteiger charge is -2.28. The summed E-state index contributed by atoms with van der Waals surface area (Å²) in [5, 5.41) is 3.85. The molecule has 6 heteroatoms. The van der Waals surface area contributed by atoms with E-state index in [-0.39, 0.29) is 25.0 Å². The largest absolute Gasteiger partial charge is 0.482 e. The summed E-state index contributed by atoms with van der Waals surface area (Å²) < 4.78 is 5.38. The quantitative estimate of drug-likeness (QED) is 0.778. The summed E-state index contributed by atoms with van der Waals surface area (Å²) in [5.74, 6) is 0.124. The van der Waals surface area contributed by atoms with Crippen LogP contribution in [0.15, 0.2) is 54.7 Å².